The van der Waals surface area contributed by atoms with Crippen LogP contribution < -0.4 is 0 Å². The van der Waals surface area contributed by atoms with Gasteiger partial charge in [-0.25, -0.2) is 4.99 Å². The number of thioether (sulfide) groups is 1. The number of halogens is 1. The lowest BCUT2D eigenvalue weighted by Gasteiger charge is -2.19. The molecule has 2 aromatic rings. The smallest absolute Gasteiger partial charge is 0.253 e. The van der Waals surface area contributed by atoms with Gasteiger partial charge in [0.1, 0.15) is 0 Å². The van der Waals surface area contributed by atoms with Gasteiger partial charge in [0.05, 0.1) is 11.4 Å². The first-order valence-electron chi connectivity index (χ1n) is 5.96. The summed E-state index contributed by atoms with van der Waals surface area (Å²) >= 11 is 8.07. The summed E-state index contributed by atoms with van der Waals surface area (Å²) in [5.74, 6) is 0.657. The molecule has 1 atom stereocenters. The molecule has 96 valence electrons. The van der Waals surface area contributed by atoms with Crippen LogP contribution in [0.15, 0.2) is 65.7 Å². The number of rotatable bonds is 2. The molecular weight excluding hydrogens is 278 g/mol. The highest BCUT2D eigenvalue weighted by Crippen LogP contribution is 2.42. The molecule has 1 fully saturated rings. The van der Waals surface area contributed by atoms with Crippen LogP contribution in [0, 0.1) is 0 Å². The van der Waals surface area contributed by atoms with Gasteiger partial charge in [-0.2, -0.15) is 0 Å². The molecule has 1 saturated heterocycles. The van der Waals surface area contributed by atoms with E-state index in [0.717, 1.165) is 11.3 Å². The molecule has 0 N–H and O–H groups in total. The van der Waals surface area contributed by atoms with Gasteiger partial charge < -0.3 is 4.74 Å². The Hall–Kier alpha value is -1.45. The lowest BCUT2D eigenvalue weighted by Crippen LogP contribution is -2.20. The van der Waals surface area contributed by atoms with E-state index in [1.54, 1.807) is 0 Å². The second-order valence-corrected chi connectivity index (χ2v) is 5.74. The molecule has 1 aliphatic heterocycles. The SMILES string of the molecule is ClC1(c2ccccc2)CSC(=Nc2ccccc2)O1. The largest absolute Gasteiger partial charge is 0.445 e. The number of aliphatic imine (C=N–C) groups is 1. The average molecular weight is 290 g/mol. The summed E-state index contributed by atoms with van der Waals surface area (Å²) in [6.07, 6.45) is 0. The van der Waals surface area contributed by atoms with Crippen molar-refractivity contribution < 1.29 is 4.74 Å². The van der Waals surface area contributed by atoms with Crippen LogP contribution in [0.25, 0.3) is 0 Å². The maximum Gasteiger partial charge on any atom is 0.253 e. The minimum absolute atomic E-state index is 0.616. The standard InChI is InChI=1S/C15H12ClNOS/c16-15(12-7-3-1-4-8-12)11-19-14(18-15)17-13-9-5-2-6-10-13/h1-10H,11H2. The molecule has 1 heterocycles. The second-order valence-electron chi connectivity index (χ2n) is 4.20. The van der Waals surface area contributed by atoms with Crippen LogP contribution in [0.5, 0.6) is 0 Å². The van der Waals surface area contributed by atoms with Crippen molar-refractivity contribution in [1.29, 1.82) is 0 Å². The van der Waals surface area contributed by atoms with Gasteiger partial charge in [-0.1, -0.05) is 71.9 Å². The van der Waals surface area contributed by atoms with E-state index in [4.69, 9.17) is 16.3 Å². The van der Waals surface area contributed by atoms with E-state index < -0.39 is 5.06 Å². The van der Waals surface area contributed by atoms with Gasteiger partial charge in [-0.3, -0.25) is 0 Å². The van der Waals surface area contributed by atoms with Crippen LogP contribution >= 0.6 is 23.4 Å². The third-order valence-corrected chi connectivity index (χ3v) is 4.37. The van der Waals surface area contributed by atoms with E-state index in [1.165, 1.54) is 11.8 Å². The van der Waals surface area contributed by atoms with Gasteiger partial charge in [0.25, 0.3) is 5.23 Å². The average Bonchev–Trinajstić information content (AvgIpc) is 2.84. The zero-order valence-corrected chi connectivity index (χ0v) is 11.7. The Labute approximate surface area is 121 Å². The number of alkyl halides is 1. The Morgan fingerprint density at radius 1 is 1.00 bits per heavy atom. The minimum atomic E-state index is -0.806. The minimum Gasteiger partial charge on any atom is -0.445 e. The fraction of sp³-hybridized carbons (Fsp3) is 0.133. The molecule has 1 unspecified atom stereocenters. The maximum absolute atomic E-state index is 6.53. The molecule has 4 heteroatoms. The molecule has 0 saturated carbocycles. The first-order valence-corrected chi connectivity index (χ1v) is 7.33. The summed E-state index contributed by atoms with van der Waals surface area (Å²) in [5.41, 5.74) is 1.83. The van der Waals surface area contributed by atoms with Crippen molar-refractivity contribution in [2.75, 3.05) is 5.75 Å². The van der Waals surface area contributed by atoms with Crippen molar-refractivity contribution in [2.24, 2.45) is 4.99 Å². The van der Waals surface area contributed by atoms with Crippen LogP contribution in [-0.4, -0.2) is 11.0 Å². The monoisotopic (exact) mass is 289 g/mol. The van der Waals surface area contributed by atoms with Crippen LogP contribution in [0.1, 0.15) is 5.56 Å². The Balaban J connectivity index is 1.82. The van der Waals surface area contributed by atoms with Crippen LogP contribution in [-0.2, 0) is 9.80 Å². The van der Waals surface area contributed by atoms with Gasteiger partial charge in [0.2, 0.25) is 5.06 Å². The van der Waals surface area contributed by atoms with E-state index in [-0.39, 0.29) is 0 Å². The molecule has 19 heavy (non-hydrogen) atoms. The number of nitrogens with zero attached hydrogens (tertiary/aromatic N) is 1. The quantitative estimate of drug-likeness (QED) is 0.758. The molecule has 0 aliphatic carbocycles. The van der Waals surface area contributed by atoms with Crippen molar-refractivity contribution in [3.05, 3.63) is 66.2 Å². The predicted molar refractivity (Wildman–Crippen MR) is 81.1 cm³/mol. The summed E-state index contributed by atoms with van der Waals surface area (Å²) in [6.45, 7) is 0. The van der Waals surface area contributed by atoms with Crippen molar-refractivity contribution >= 4 is 34.3 Å². The molecular formula is C15H12ClNOS. The number of hydrogen-bond donors (Lipinski definition) is 0. The third kappa shape index (κ3) is 2.77. The van der Waals surface area contributed by atoms with E-state index in [0.29, 0.717) is 11.0 Å². The normalized spacial score (nSPS) is 24.4. The lowest BCUT2D eigenvalue weighted by molar-refractivity contribution is 0.188. The van der Waals surface area contributed by atoms with Gasteiger partial charge in [-0.15, -0.1) is 0 Å². The molecule has 0 spiro atoms. The highest BCUT2D eigenvalue weighted by molar-refractivity contribution is 8.14. The highest BCUT2D eigenvalue weighted by Gasteiger charge is 2.39. The van der Waals surface area contributed by atoms with Gasteiger partial charge >= 0.3 is 0 Å². The molecule has 0 amide bonds. The molecule has 2 nitrogen and oxygen atoms in total. The summed E-state index contributed by atoms with van der Waals surface area (Å²) in [4.78, 5) is 4.45. The van der Waals surface area contributed by atoms with Crippen molar-refractivity contribution in [3.8, 4) is 0 Å². The first kappa shape index (κ1) is 12.6. The van der Waals surface area contributed by atoms with E-state index in [2.05, 4.69) is 4.99 Å². The number of ether oxygens (including phenoxy) is 1. The molecule has 0 radical (unpaired) electrons. The van der Waals surface area contributed by atoms with Crippen LogP contribution in [0.3, 0.4) is 0 Å². The Morgan fingerprint density at radius 2 is 1.63 bits per heavy atom. The summed E-state index contributed by atoms with van der Waals surface area (Å²) in [7, 11) is 0. The maximum atomic E-state index is 6.53. The molecule has 3 rings (SSSR count). The summed E-state index contributed by atoms with van der Waals surface area (Å²) in [5, 5.41) is -0.190. The highest BCUT2D eigenvalue weighted by atomic mass is 35.5. The Kier molecular flexibility index (Phi) is 3.49. The van der Waals surface area contributed by atoms with Gasteiger partial charge in [0, 0.05) is 5.56 Å². The summed E-state index contributed by atoms with van der Waals surface area (Å²) in [6, 6.07) is 19.6. The van der Waals surface area contributed by atoms with Crippen LogP contribution in [0.4, 0.5) is 5.69 Å². The topological polar surface area (TPSA) is 21.6 Å². The molecule has 2 aromatic carbocycles. The van der Waals surface area contributed by atoms with Crippen LogP contribution in [0.2, 0.25) is 0 Å². The van der Waals surface area contributed by atoms with Crippen molar-refractivity contribution in [3.63, 3.8) is 0 Å². The molecule has 0 bridgehead atoms. The zero-order valence-electron chi connectivity index (χ0n) is 10.1. The predicted octanol–water partition coefficient (Wildman–Crippen LogP) is 4.53. The zero-order chi connectivity index (χ0) is 13.1. The van der Waals surface area contributed by atoms with Crippen molar-refractivity contribution in [2.45, 2.75) is 5.06 Å². The number of para-hydroxylation sites is 1. The second kappa shape index (κ2) is 5.27. The number of benzene rings is 2. The Morgan fingerprint density at radius 3 is 2.32 bits per heavy atom. The lowest BCUT2D eigenvalue weighted by atomic mass is 10.1. The Bertz CT molecular complexity index is 588. The van der Waals surface area contributed by atoms with Gasteiger partial charge in [-0.05, 0) is 12.1 Å². The first-order chi connectivity index (χ1) is 9.26. The fourth-order valence-corrected chi connectivity index (χ4v) is 3.16. The van der Waals surface area contributed by atoms with E-state index >= 15 is 0 Å². The fourth-order valence-electron chi connectivity index (χ4n) is 1.84. The van der Waals surface area contributed by atoms with Crippen molar-refractivity contribution in [1.82, 2.24) is 0 Å². The number of hydrogen-bond acceptors (Lipinski definition) is 3. The van der Waals surface area contributed by atoms with Gasteiger partial charge in [0.15, 0.2) is 0 Å². The third-order valence-electron chi connectivity index (χ3n) is 2.81. The molecule has 0 aromatic heterocycles. The van der Waals surface area contributed by atoms with E-state index in [9.17, 15) is 0 Å². The summed E-state index contributed by atoms with van der Waals surface area (Å²) < 4.78 is 5.82. The van der Waals surface area contributed by atoms with E-state index in [1.807, 2.05) is 60.7 Å². The molecule has 1 aliphatic rings.